The molecular weight excluding hydrogens is 554 g/mol. The molecule has 2 amide bonds. The summed E-state index contributed by atoms with van der Waals surface area (Å²) in [5.41, 5.74) is 10.2. The molecule has 43 heavy (non-hydrogen) atoms. The number of carbonyl (C=O) groups excluding carboxylic acids is 3. The Morgan fingerprint density at radius 3 is 1.58 bits per heavy atom. The van der Waals surface area contributed by atoms with E-state index in [1.807, 2.05) is 30.3 Å². The zero-order valence-electron chi connectivity index (χ0n) is 23.4. The minimum atomic E-state index is -0.554. The lowest BCUT2D eigenvalue weighted by molar-refractivity contribution is 0.0471. The summed E-state index contributed by atoms with van der Waals surface area (Å²) in [6.07, 6.45) is 0. The van der Waals surface area contributed by atoms with Crippen LogP contribution in [0.2, 0.25) is 0 Å². The van der Waals surface area contributed by atoms with Crippen molar-refractivity contribution >= 4 is 35.0 Å². The molecule has 12 nitrogen and oxygen atoms in total. The second-order valence-electron chi connectivity index (χ2n) is 8.74. The average Bonchev–Trinajstić information content (AvgIpc) is 3.71. The first kappa shape index (κ1) is 30.1. The number of hydrogen-bond acceptors (Lipinski definition) is 10. The number of esters is 2. The number of para-hydroxylation sites is 1. The Kier molecular flexibility index (Phi) is 10.2. The number of ether oxygens (including phenoxy) is 2. The normalized spacial score (nSPS) is 10.2. The number of urea groups is 1. The fourth-order valence-corrected chi connectivity index (χ4v) is 3.61. The number of nitrogen functional groups attached to an aromatic ring is 1. The van der Waals surface area contributed by atoms with Crippen molar-refractivity contribution in [3.8, 4) is 22.5 Å². The lowest BCUT2D eigenvalue weighted by atomic mass is 10.1. The first-order chi connectivity index (χ1) is 20.9. The summed E-state index contributed by atoms with van der Waals surface area (Å²) in [5, 5.41) is 13.1. The maximum absolute atomic E-state index is 12.0. The first-order valence-electron chi connectivity index (χ1n) is 13.2. The van der Waals surface area contributed by atoms with E-state index in [9.17, 15) is 14.4 Å². The Balaban J connectivity index is 0.000000215. The van der Waals surface area contributed by atoms with Gasteiger partial charge in [-0.2, -0.15) is 0 Å². The minimum absolute atomic E-state index is 0.0475. The highest BCUT2D eigenvalue weighted by Crippen LogP contribution is 2.22. The largest absolute Gasteiger partial charge is 0.460 e. The number of nitrogens with one attached hydrogen (secondary N) is 2. The van der Waals surface area contributed by atoms with Crippen LogP contribution in [0.15, 0.2) is 100 Å². The third kappa shape index (κ3) is 8.54. The van der Waals surface area contributed by atoms with E-state index in [1.165, 1.54) is 6.07 Å². The third-order valence-corrected chi connectivity index (χ3v) is 5.65. The molecule has 0 saturated carbocycles. The average molecular weight is 584 g/mol. The van der Waals surface area contributed by atoms with Gasteiger partial charge in [-0.3, -0.25) is 0 Å². The van der Waals surface area contributed by atoms with E-state index in [4.69, 9.17) is 24.3 Å². The number of carbonyl (C=O) groups is 3. The molecule has 0 fully saturated rings. The lowest BCUT2D eigenvalue weighted by Gasteiger charge is -2.07. The SMILES string of the molecule is CCOC(=O)c1cc(-c2ccc(N)cc2)no1.CCOC(=O)c1cc(-c2ccc(NC(=O)Nc3ccccc3)cc2)no1. The van der Waals surface area contributed by atoms with Gasteiger partial charge in [0.15, 0.2) is 0 Å². The zero-order valence-corrected chi connectivity index (χ0v) is 23.4. The molecule has 0 radical (unpaired) electrons. The van der Waals surface area contributed by atoms with Crippen molar-refractivity contribution in [3.05, 3.63) is 103 Å². The molecule has 0 unspecified atom stereocenters. The smallest absolute Gasteiger partial charge is 0.377 e. The monoisotopic (exact) mass is 583 g/mol. The molecule has 0 aliphatic rings. The summed E-state index contributed by atoms with van der Waals surface area (Å²) < 4.78 is 19.6. The van der Waals surface area contributed by atoms with Gasteiger partial charge in [0.1, 0.15) is 11.4 Å². The molecule has 3 aromatic carbocycles. The van der Waals surface area contributed by atoms with Gasteiger partial charge in [-0.25, -0.2) is 14.4 Å². The van der Waals surface area contributed by atoms with E-state index < -0.39 is 11.9 Å². The minimum Gasteiger partial charge on any atom is -0.460 e. The van der Waals surface area contributed by atoms with E-state index in [0.717, 1.165) is 11.1 Å². The van der Waals surface area contributed by atoms with E-state index in [2.05, 4.69) is 20.9 Å². The Morgan fingerprint density at radius 1 is 0.674 bits per heavy atom. The number of benzene rings is 3. The molecule has 0 aliphatic heterocycles. The van der Waals surface area contributed by atoms with Gasteiger partial charge in [-0.1, -0.05) is 52.8 Å². The molecule has 0 aliphatic carbocycles. The van der Waals surface area contributed by atoms with Crippen LogP contribution in [0, 0.1) is 0 Å². The fourth-order valence-electron chi connectivity index (χ4n) is 3.61. The van der Waals surface area contributed by atoms with Gasteiger partial charge in [0.2, 0.25) is 11.5 Å². The number of nitrogens with zero attached hydrogens (tertiary/aromatic N) is 2. The third-order valence-electron chi connectivity index (χ3n) is 5.65. The van der Waals surface area contributed by atoms with E-state index in [1.54, 1.807) is 68.4 Å². The van der Waals surface area contributed by atoms with Crippen LogP contribution in [0.5, 0.6) is 0 Å². The standard InChI is InChI=1S/C19H17N3O4.C12H12N2O3/c1-2-25-18(23)17-12-16(22-26-17)13-8-10-15(11-9-13)21-19(24)20-14-6-4-3-5-7-14;1-2-16-12(15)11-7-10(14-17-11)8-3-5-9(13)6-4-8/h3-12H,2H2,1H3,(H2,20,21,24);3-7H,2,13H2,1H3. The van der Waals surface area contributed by atoms with Crippen LogP contribution >= 0.6 is 0 Å². The highest BCUT2D eigenvalue weighted by molar-refractivity contribution is 5.99. The first-order valence-corrected chi connectivity index (χ1v) is 13.2. The molecule has 0 saturated heterocycles. The maximum Gasteiger partial charge on any atom is 0.377 e. The second kappa shape index (κ2) is 14.6. The van der Waals surface area contributed by atoms with Crippen molar-refractivity contribution in [1.82, 2.24) is 10.3 Å². The van der Waals surface area contributed by atoms with Crippen molar-refractivity contribution in [2.45, 2.75) is 13.8 Å². The van der Waals surface area contributed by atoms with Crippen LogP contribution < -0.4 is 16.4 Å². The summed E-state index contributed by atoms with van der Waals surface area (Å²) in [6, 6.07) is 26.0. The molecule has 0 bridgehead atoms. The number of amides is 2. The van der Waals surface area contributed by atoms with Crippen LogP contribution in [0.25, 0.3) is 22.5 Å². The van der Waals surface area contributed by atoms with Crippen molar-refractivity contribution in [2.24, 2.45) is 0 Å². The lowest BCUT2D eigenvalue weighted by Crippen LogP contribution is -2.19. The number of nitrogens with two attached hydrogens (primary N) is 1. The molecule has 0 spiro atoms. The van der Waals surface area contributed by atoms with Gasteiger partial charge in [0, 0.05) is 40.3 Å². The Hall–Kier alpha value is -5.91. The van der Waals surface area contributed by atoms with E-state index >= 15 is 0 Å². The van der Waals surface area contributed by atoms with E-state index in [0.29, 0.717) is 35.1 Å². The van der Waals surface area contributed by atoms with Gasteiger partial charge in [-0.15, -0.1) is 0 Å². The predicted octanol–water partition coefficient (Wildman–Crippen LogP) is 6.26. The molecule has 2 aromatic heterocycles. The second-order valence-corrected chi connectivity index (χ2v) is 8.74. The molecule has 12 heteroatoms. The predicted molar refractivity (Wildman–Crippen MR) is 159 cm³/mol. The Bertz CT molecular complexity index is 1650. The van der Waals surface area contributed by atoms with Crippen LogP contribution in [-0.2, 0) is 9.47 Å². The molecule has 0 atom stereocenters. The van der Waals surface area contributed by atoms with Crippen LogP contribution in [0.3, 0.4) is 0 Å². The number of aromatic nitrogens is 2. The van der Waals surface area contributed by atoms with Crippen molar-refractivity contribution in [1.29, 1.82) is 0 Å². The van der Waals surface area contributed by atoms with Crippen molar-refractivity contribution in [2.75, 3.05) is 29.6 Å². The Labute approximate surface area is 246 Å². The maximum atomic E-state index is 12.0. The van der Waals surface area contributed by atoms with Crippen LogP contribution in [-0.4, -0.2) is 41.5 Å². The van der Waals surface area contributed by atoms with Gasteiger partial charge in [0.25, 0.3) is 0 Å². The molecule has 220 valence electrons. The van der Waals surface area contributed by atoms with Gasteiger partial charge >= 0.3 is 18.0 Å². The van der Waals surface area contributed by atoms with Gasteiger partial charge in [0.05, 0.1) is 13.2 Å². The van der Waals surface area contributed by atoms with Crippen molar-refractivity contribution < 1.29 is 32.9 Å². The molecule has 2 heterocycles. The topological polar surface area (TPSA) is 172 Å². The van der Waals surface area contributed by atoms with E-state index in [-0.39, 0.29) is 24.2 Å². The van der Waals surface area contributed by atoms with Crippen molar-refractivity contribution in [3.63, 3.8) is 0 Å². The Morgan fingerprint density at radius 2 is 1.12 bits per heavy atom. The van der Waals surface area contributed by atoms with Crippen LogP contribution in [0.4, 0.5) is 21.9 Å². The molecule has 5 rings (SSSR count). The summed E-state index contributed by atoms with van der Waals surface area (Å²) in [5.74, 6) is -0.922. The highest BCUT2D eigenvalue weighted by atomic mass is 16.6. The summed E-state index contributed by atoms with van der Waals surface area (Å²) in [4.78, 5) is 34.9. The fraction of sp³-hybridized carbons (Fsp3) is 0.129. The summed E-state index contributed by atoms with van der Waals surface area (Å²) >= 11 is 0. The number of rotatable bonds is 8. The zero-order chi connectivity index (χ0) is 30.6. The quantitative estimate of drug-likeness (QED) is 0.140. The molecule has 5 aromatic rings. The number of hydrogen-bond donors (Lipinski definition) is 3. The van der Waals surface area contributed by atoms with Gasteiger partial charge in [-0.05, 0) is 50.2 Å². The molecule has 4 N–H and O–H groups in total. The summed E-state index contributed by atoms with van der Waals surface area (Å²) in [6.45, 7) is 4.01. The van der Waals surface area contributed by atoms with Crippen LogP contribution in [0.1, 0.15) is 35.0 Å². The summed E-state index contributed by atoms with van der Waals surface area (Å²) in [7, 11) is 0. The molecular formula is C31H29N5O7. The number of anilines is 3. The highest BCUT2D eigenvalue weighted by Gasteiger charge is 2.16. The van der Waals surface area contributed by atoms with Gasteiger partial charge < -0.3 is 34.9 Å².